The molecule has 2 aromatic rings. The lowest BCUT2D eigenvalue weighted by Crippen LogP contribution is -1.97. The lowest BCUT2D eigenvalue weighted by Gasteiger charge is -2.04. The van der Waals surface area contributed by atoms with E-state index in [0.717, 1.165) is 11.1 Å². The van der Waals surface area contributed by atoms with Crippen LogP contribution in [0.25, 0.3) is 11.1 Å². The summed E-state index contributed by atoms with van der Waals surface area (Å²) in [5.41, 5.74) is 2.21. The van der Waals surface area contributed by atoms with Gasteiger partial charge in [0.25, 0.3) is 0 Å². The highest BCUT2D eigenvalue weighted by Crippen LogP contribution is 2.24. The molecular weight excluding hydrogens is 207 g/mol. The van der Waals surface area contributed by atoms with E-state index in [1.54, 1.807) is 12.1 Å². The highest BCUT2D eigenvalue weighted by molar-refractivity contribution is 7.54. The first-order chi connectivity index (χ1) is 7.27. The fourth-order valence-corrected chi connectivity index (χ4v) is 1.83. The molecule has 2 nitrogen and oxygen atoms in total. The number of hydrogen-bond acceptors (Lipinski definition) is 2. The molecule has 0 aliphatic carbocycles. The zero-order valence-corrected chi connectivity index (χ0v) is 8.93. The second kappa shape index (κ2) is 4.54. The van der Waals surface area contributed by atoms with E-state index in [2.05, 4.69) is 0 Å². The third-order valence-electron chi connectivity index (χ3n) is 2.21. The van der Waals surface area contributed by atoms with Crippen LogP contribution in [0.4, 0.5) is 0 Å². The first-order valence-corrected chi connectivity index (χ1v) is 5.85. The molecule has 0 radical (unpaired) electrons. The molecule has 76 valence electrons. The fourth-order valence-electron chi connectivity index (χ4n) is 1.42. The maximum atomic E-state index is 9.01. The molecule has 0 saturated heterocycles. The van der Waals surface area contributed by atoms with Gasteiger partial charge < -0.3 is 9.79 Å². The van der Waals surface area contributed by atoms with E-state index in [1.165, 1.54) is 0 Å². The summed E-state index contributed by atoms with van der Waals surface area (Å²) in [5, 5.41) is 0.574. The standard InChI is InChI=1S/C12H11O2P/c13-15(14)12-8-6-11(7-9-12)10-4-2-1-3-5-10/h1-9,13-14H. The van der Waals surface area contributed by atoms with Crippen molar-refractivity contribution in [2.45, 2.75) is 0 Å². The quantitative estimate of drug-likeness (QED) is 0.759. The summed E-state index contributed by atoms with van der Waals surface area (Å²) in [6.45, 7) is 0. The maximum Gasteiger partial charge on any atom is 0.199 e. The second-order valence-corrected chi connectivity index (χ2v) is 4.30. The average Bonchev–Trinajstić information content (AvgIpc) is 2.30. The molecule has 3 heteroatoms. The Balaban J connectivity index is 2.32. The predicted molar refractivity (Wildman–Crippen MR) is 62.9 cm³/mol. The summed E-state index contributed by atoms with van der Waals surface area (Å²) in [6.07, 6.45) is 0. The van der Waals surface area contributed by atoms with Crippen molar-refractivity contribution in [1.82, 2.24) is 0 Å². The van der Waals surface area contributed by atoms with Gasteiger partial charge in [-0.2, -0.15) is 0 Å². The minimum Gasteiger partial charge on any atom is -0.347 e. The Bertz CT molecular complexity index is 423. The number of benzene rings is 2. The molecule has 0 bridgehead atoms. The molecule has 0 aliphatic rings. The summed E-state index contributed by atoms with van der Waals surface area (Å²) in [6, 6.07) is 17.3. The number of rotatable bonds is 2. The maximum absolute atomic E-state index is 9.01. The van der Waals surface area contributed by atoms with Crippen molar-refractivity contribution in [3.63, 3.8) is 0 Å². The van der Waals surface area contributed by atoms with Crippen LogP contribution in [0.2, 0.25) is 0 Å². The van der Waals surface area contributed by atoms with Gasteiger partial charge in [0.1, 0.15) is 0 Å². The van der Waals surface area contributed by atoms with Crippen molar-refractivity contribution in [3.05, 3.63) is 54.6 Å². The van der Waals surface area contributed by atoms with Crippen LogP contribution < -0.4 is 5.30 Å². The Labute approximate surface area is 89.7 Å². The SMILES string of the molecule is OP(O)c1ccc(-c2ccccc2)cc1. The van der Waals surface area contributed by atoms with Gasteiger partial charge in [-0.3, -0.25) is 0 Å². The van der Waals surface area contributed by atoms with Gasteiger partial charge in [-0.25, -0.2) is 0 Å². The summed E-state index contributed by atoms with van der Waals surface area (Å²) in [4.78, 5) is 18.0. The molecule has 0 aromatic heterocycles. The zero-order valence-electron chi connectivity index (χ0n) is 8.04. The summed E-state index contributed by atoms with van der Waals surface area (Å²) in [5.74, 6) is 0. The molecular formula is C12H11O2P. The average molecular weight is 218 g/mol. The summed E-state index contributed by atoms with van der Waals surface area (Å²) >= 11 is 0. The van der Waals surface area contributed by atoms with E-state index in [-0.39, 0.29) is 0 Å². The zero-order chi connectivity index (χ0) is 10.7. The molecule has 0 spiro atoms. The summed E-state index contributed by atoms with van der Waals surface area (Å²) < 4.78 is 0. The van der Waals surface area contributed by atoms with Crippen LogP contribution in [-0.2, 0) is 0 Å². The molecule has 0 unspecified atom stereocenters. The van der Waals surface area contributed by atoms with E-state index in [9.17, 15) is 0 Å². The van der Waals surface area contributed by atoms with E-state index >= 15 is 0 Å². The monoisotopic (exact) mass is 218 g/mol. The van der Waals surface area contributed by atoms with Crippen LogP contribution in [0.15, 0.2) is 54.6 Å². The molecule has 15 heavy (non-hydrogen) atoms. The fraction of sp³-hybridized carbons (Fsp3) is 0. The van der Waals surface area contributed by atoms with Crippen LogP contribution in [-0.4, -0.2) is 9.79 Å². The van der Waals surface area contributed by atoms with Gasteiger partial charge in [0.15, 0.2) is 8.38 Å². The third-order valence-corrected chi connectivity index (χ3v) is 2.97. The predicted octanol–water partition coefficient (Wildman–Crippen LogP) is 2.28. The van der Waals surface area contributed by atoms with Crippen LogP contribution in [0, 0.1) is 0 Å². The molecule has 2 aromatic carbocycles. The Kier molecular flexibility index (Phi) is 3.12. The normalized spacial score (nSPS) is 10.6. The molecule has 0 heterocycles. The van der Waals surface area contributed by atoms with Crippen molar-refractivity contribution in [2.24, 2.45) is 0 Å². The first kappa shape index (κ1) is 10.3. The lowest BCUT2D eigenvalue weighted by atomic mass is 10.1. The van der Waals surface area contributed by atoms with Gasteiger partial charge in [0.2, 0.25) is 0 Å². The van der Waals surface area contributed by atoms with Crippen LogP contribution in [0.3, 0.4) is 0 Å². The van der Waals surface area contributed by atoms with Crippen molar-refractivity contribution in [2.75, 3.05) is 0 Å². The minimum absolute atomic E-state index is 0.574. The van der Waals surface area contributed by atoms with Gasteiger partial charge in [0, 0.05) is 5.30 Å². The first-order valence-electron chi connectivity index (χ1n) is 4.61. The lowest BCUT2D eigenvalue weighted by molar-refractivity contribution is 0.497. The summed E-state index contributed by atoms with van der Waals surface area (Å²) in [7, 11) is -1.98. The van der Waals surface area contributed by atoms with Crippen molar-refractivity contribution in [1.29, 1.82) is 0 Å². The van der Waals surface area contributed by atoms with Crippen LogP contribution in [0.5, 0.6) is 0 Å². The molecule has 0 saturated carbocycles. The molecule has 0 aliphatic heterocycles. The number of hydrogen-bond donors (Lipinski definition) is 2. The van der Waals surface area contributed by atoms with E-state index in [1.807, 2.05) is 42.5 Å². The van der Waals surface area contributed by atoms with Gasteiger partial charge in [-0.1, -0.05) is 42.5 Å². The van der Waals surface area contributed by atoms with Crippen molar-refractivity contribution in [3.8, 4) is 11.1 Å². The van der Waals surface area contributed by atoms with Crippen molar-refractivity contribution >= 4 is 13.7 Å². The van der Waals surface area contributed by atoms with Crippen molar-refractivity contribution < 1.29 is 9.79 Å². The highest BCUT2D eigenvalue weighted by Gasteiger charge is 2.03. The van der Waals surface area contributed by atoms with Gasteiger partial charge >= 0.3 is 0 Å². The Hall–Kier alpha value is -1.21. The Morgan fingerprint density at radius 3 is 1.73 bits per heavy atom. The highest BCUT2D eigenvalue weighted by atomic mass is 31.2. The smallest absolute Gasteiger partial charge is 0.199 e. The van der Waals surface area contributed by atoms with Gasteiger partial charge in [-0.15, -0.1) is 0 Å². The van der Waals surface area contributed by atoms with Gasteiger partial charge in [-0.05, 0) is 23.3 Å². The molecule has 0 atom stereocenters. The Morgan fingerprint density at radius 2 is 1.20 bits per heavy atom. The third kappa shape index (κ3) is 2.42. The molecule has 0 amide bonds. The molecule has 2 N–H and O–H groups in total. The van der Waals surface area contributed by atoms with Gasteiger partial charge in [0.05, 0.1) is 0 Å². The van der Waals surface area contributed by atoms with Crippen LogP contribution in [0.1, 0.15) is 0 Å². The Morgan fingerprint density at radius 1 is 0.667 bits per heavy atom. The molecule has 2 rings (SSSR count). The van der Waals surface area contributed by atoms with E-state index in [4.69, 9.17) is 9.79 Å². The topological polar surface area (TPSA) is 40.5 Å². The van der Waals surface area contributed by atoms with E-state index in [0.29, 0.717) is 5.30 Å². The minimum atomic E-state index is -1.98. The van der Waals surface area contributed by atoms with E-state index < -0.39 is 8.38 Å². The van der Waals surface area contributed by atoms with Crippen LogP contribution >= 0.6 is 8.38 Å². The largest absolute Gasteiger partial charge is 0.347 e. The molecule has 0 fully saturated rings. The second-order valence-electron chi connectivity index (χ2n) is 3.20.